The molecule has 2 N–H and O–H groups in total. The normalized spacial score (nSPS) is 12.4. The van der Waals surface area contributed by atoms with E-state index in [1.807, 2.05) is 24.3 Å². The van der Waals surface area contributed by atoms with Crippen LogP contribution in [0.25, 0.3) is 0 Å². The van der Waals surface area contributed by atoms with Crippen molar-refractivity contribution in [2.45, 2.75) is 57.4 Å². The van der Waals surface area contributed by atoms with E-state index in [2.05, 4.69) is 48.0 Å². The van der Waals surface area contributed by atoms with Crippen LogP contribution in [0.1, 0.15) is 50.5 Å². The molecule has 1 aromatic heterocycles. The topological polar surface area (TPSA) is 64.2 Å². The van der Waals surface area contributed by atoms with Crippen molar-refractivity contribution in [2.75, 3.05) is 19.8 Å². The standard InChI is InChI=1S/C20H30ClN5OS/c1-5-7-12-26-19(17(6-2)25(3)4)23-24-20(26)28-14-18(27)22-13-15-8-10-16(21)11-9-15/h8-11,17H,5-7,12-14H2,1-4H3,(H,22,27)/p+1/t17-/m1/s1. The van der Waals surface area contributed by atoms with Gasteiger partial charge < -0.3 is 14.8 Å². The average Bonchev–Trinajstić information content (AvgIpc) is 3.07. The number of amides is 1. The zero-order valence-electron chi connectivity index (χ0n) is 17.2. The summed E-state index contributed by atoms with van der Waals surface area (Å²) in [6.07, 6.45) is 3.17. The van der Waals surface area contributed by atoms with E-state index in [1.165, 1.54) is 16.7 Å². The third-order valence-corrected chi connectivity index (χ3v) is 5.85. The van der Waals surface area contributed by atoms with Crippen molar-refractivity contribution < 1.29 is 9.69 Å². The Morgan fingerprint density at radius 3 is 2.57 bits per heavy atom. The molecule has 6 nitrogen and oxygen atoms in total. The van der Waals surface area contributed by atoms with Crippen LogP contribution >= 0.6 is 23.4 Å². The van der Waals surface area contributed by atoms with E-state index in [-0.39, 0.29) is 5.91 Å². The van der Waals surface area contributed by atoms with Gasteiger partial charge in [-0.3, -0.25) is 4.79 Å². The molecule has 0 radical (unpaired) electrons. The van der Waals surface area contributed by atoms with Crippen LogP contribution in [0.2, 0.25) is 5.02 Å². The Labute approximate surface area is 177 Å². The Morgan fingerprint density at radius 2 is 1.96 bits per heavy atom. The summed E-state index contributed by atoms with van der Waals surface area (Å²) in [5, 5.41) is 13.3. The molecule has 0 aliphatic heterocycles. The summed E-state index contributed by atoms with van der Waals surface area (Å²) in [7, 11) is 4.29. The summed E-state index contributed by atoms with van der Waals surface area (Å²) in [5.41, 5.74) is 1.02. The number of aromatic nitrogens is 3. The molecular weight excluding hydrogens is 394 g/mol. The maximum atomic E-state index is 12.3. The van der Waals surface area contributed by atoms with Crippen molar-refractivity contribution in [2.24, 2.45) is 0 Å². The SMILES string of the molecule is CCCCn1c(SCC(=O)NCc2ccc(Cl)cc2)nnc1[C@@H](CC)[NH+](C)C. The van der Waals surface area contributed by atoms with Crippen molar-refractivity contribution in [3.05, 3.63) is 40.7 Å². The van der Waals surface area contributed by atoms with Gasteiger partial charge in [0.25, 0.3) is 0 Å². The Bertz CT molecular complexity index is 748. The van der Waals surface area contributed by atoms with Gasteiger partial charge in [-0.15, -0.1) is 10.2 Å². The second-order valence-electron chi connectivity index (χ2n) is 7.08. The average molecular weight is 425 g/mol. The first-order valence-corrected chi connectivity index (χ1v) is 11.2. The first kappa shape index (κ1) is 22.7. The van der Waals surface area contributed by atoms with Crippen LogP contribution in [0.3, 0.4) is 0 Å². The monoisotopic (exact) mass is 424 g/mol. The molecule has 8 heteroatoms. The summed E-state index contributed by atoms with van der Waals surface area (Å²) in [6.45, 7) is 5.73. The molecule has 1 aromatic carbocycles. The first-order valence-electron chi connectivity index (χ1n) is 9.83. The minimum absolute atomic E-state index is 0.0168. The molecule has 0 aliphatic carbocycles. The van der Waals surface area contributed by atoms with Gasteiger partial charge in [0.1, 0.15) is 6.04 Å². The van der Waals surface area contributed by atoms with Gasteiger partial charge in [0, 0.05) is 24.5 Å². The van der Waals surface area contributed by atoms with Crippen LogP contribution in [-0.2, 0) is 17.9 Å². The minimum atomic E-state index is -0.0168. The van der Waals surface area contributed by atoms with E-state index in [0.29, 0.717) is 23.4 Å². The number of carbonyl (C=O) groups is 1. The Balaban J connectivity index is 1.98. The summed E-state index contributed by atoms with van der Waals surface area (Å²) >= 11 is 7.34. The zero-order chi connectivity index (χ0) is 20.5. The quantitative estimate of drug-likeness (QED) is 0.544. The number of hydrogen-bond donors (Lipinski definition) is 2. The predicted octanol–water partition coefficient (Wildman–Crippen LogP) is 2.74. The first-order chi connectivity index (χ1) is 13.5. The van der Waals surface area contributed by atoms with Crippen LogP contribution in [0.4, 0.5) is 0 Å². The largest absolute Gasteiger partial charge is 0.351 e. The predicted molar refractivity (Wildman–Crippen MR) is 115 cm³/mol. The van der Waals surface area contributed by atoms with Gasteiger partial charge in [-0.1, -0.05) is 55.8 Å². The fraction of sp³-hybridized carbons (Fsp3) is 0.550. The number of rotatable bonds is 11. The second kappa shape index (κ2) is 11.4. The lowest BCUT2D eigenvalue weighted by atomic mass is 10.2. The summed E-state index contributed by atoms with van der Waals surface area (Å²) in [6, 6.07) is 7.78. The molecule has 28 heavy (non-hydrogen) atoms. The van der Waals surface area contributed by atoms with Gasteiger partial charge in [-0.05, 0) is 24.1 Å². The highest BCUT2D eigenvalue weighted by Crippen LogP contribution is 2.21. The molecule has 1 heterocycles. The molecule has 0 aliphatic rings. The van der Waals surface area contributed by atoms with Gasteiger partial charge in [-0.25, -0.2) is 0 Å². The lowest BCUT2D eigenvalue weighted by Gasteiger charge is -2.20. The van der Waals surface area contributed by atoms with Gasteiger partial charge in [0.15, 0.2) is 11.0 Å². The smallest absolute Gasteiger partial charge is 0.230 e. The number of hydrogen-bond acceptors (Lipinski definition) is 4. The number of nitrogens with zero attached hydrogens (tertiary/aromatic N) is 3. The maximum absolute atomic E-state index is 12.3. The van der Waals surface area contributed by atoms with Crippen LogP contribution in [0, 0.1) is 0 Å². The fourth-order valence-electron chi connectivity index (χ4n) is 3.02. The molecule has 2 aromatic rings. The van der Waals surface area contributed by atoms with E-state index in [4.69, 9.17) is 11.6 Å². The molecule has 1 atom stereocenters. The Morgan fingerprint density at radius 1 is 1.25 bits per heavy atom. The fourth-order valence-corrected chi connectivity index (χ4v) is 3.95. The van der Waals surface area contributed by atoms with Crippen molar-refractivity contribution in [3.63, 3.8) is 0 Å². The zero-order valence-corrected chi connectivity index (χ0v) is 18.7. The van der Waals surface area contributed by atoms with Gasteiger partial charge in [-0.2, -0.15) is 0 Å². The Hall–Kier alpha value is -1.57. The molecule has 0 saturated carbocycles. The molecular formula is C20H31ClN5OS+. The van der Waals surface area contributed by atoms with E-state index >= 15 is 0 Å². The molecule has 0 bridgehead atoms. The molecule has 0 fully saturated rings. The third kappa shape index (κ3) is 6.50. The molecule has 154 valence electrons. The van der Waals surface area contributed by atoms with Crippen molar-refractivity contribution in [1.29, 1.82) is 0 Å². The number of thioether (sulfide) groups is 1. The van der Waals surface area contributed by atoms with Crippen LogP contribution in [0.5, 0.6) is 0 Å². The van der Waals surface area contributed by atoms with Gasteiger partial charge in [0.2, 0.25) is 5.91 Å². The lowest BCUT2D eigenvalue weighted by molar-refractivity contribution is -0.893. The summed E-state index contributed by atoms with van der Waals surface area (Å²) < 4.78 is 2.20. The number of halogens is 1. The van der Waals surface area contributed by atoms with Crippen LogP contribution < -0.4 is 10.2 Å². The molecule has 0 unspecified atom stereocenters. The highest BCUT2D eigenvalue weighted by molar-refractivity contribution is 7.99. The van der Waals surface area contributed by atoms with Gasteiger partial charge in [0.05, 0.1) is 19.8 Å². The molecule has 1 amide bonds. The van der Waals surface area contributed by atoms with Crippen molar-refractivity contribution in [1.82, 2.24) is 20.1 Å². The third-order valence-electron chi connectivity index (χ3n) is 4.63. The Kier molecular flexibility index (Phi) is 9.28. The molecule has 0 spiro atoms. The highest BCUT2D eigenvalue weighted by Gasteiger charge is 2.24. The summed E-state index contributed by atoms with van der Waals surface area (Å²) in [4.78, 5) is 13.6. The highest BCUT2D eigenvalue weighted by atomic mass is 35.5. The number of nitrogens with one attached hydrogen (secondary N) is 2. The van der Waals surface area contributed by atoms with Crippen molar-refractivity contribution in [3.8, 4) is 0 Å². The second-order valence-corrected chi connectivity index (χ2v) is 8.45. The van der Waals surface area contributed by atoms with Crippen LogP contribution in [0.15, 0.2) is 29.4 Å². The maximum Gasteiger partial charge on any atom is 0.230 e. The van der Waals surface area contributed by atoms with E-state index in [1.54, 1.807) is 0 Å². The molecule has 0 saturated heterocycles. The summed E-state index contributed by atoms with van der Waals surface area (Å²) in [5.74, 6) is 1.32. The number of carbonyl (C=O) groups excluding carboxylic acids is 1. The lowest BCUT2D eigenvalue weighted by Crippen LogP contribution is -3.06. The number of unbranched alkanes of at least 4 members (excludes halogenated alkanes) is 1. The van der Waals surface area contributed by atoms with E-state index in [0.717, 1.165) is 42.4 Å². The molecule has 2 rings (SSSR count). The van der Waals surface area contributed by atoms with E-state index < -0.39 is 0 Å². The van der Waals surface area contributed by atoms with Crippen LogP contribution in [-0.4, -0.2) is 40.5 Å². The van der Waals surface area contributed by atoms with E-state index in [9.17, 15) is 4.79 Å². The number of benzene rings is 1. The minimum Gasteiger partial charge on any atom is -0.351 e. The van der Waals surface area contributed by atoms with Crippen molar-refractivity contribution >= 4 is 29.3 Å². The van der Waals surface area contributed by atoms with Gasteiger partial charge >= 0.3 is 0 Å². The number of quaternary nitrogens is 1.